The van der Waals surface area contributed by atoms with E-state index in [0.29, 0.717) is 10.6 Å². The van der Waals surface area contributed by atoms with E-state index in [4.69, 9.17) is 33.4 Å². The van der Waals surface area contributed by atoms with E-state index in [-0.39, 0.29) is 11.4 Å². The van der Waals surface area contributed by atoms with Crippen LogP contribution in [0.4, 0.5) is 0 Å². The Bertz CT molecular complexity index is 547. The van der Waals surface area contributed by atoms with Gasteiger partial charge in [-0.3, -0.25) is 9.59 Å². The fourth-order valence-corrected chi connectivity index (χ4v) is 1.78. The fourth-order valence-electron chi connectivity index (χ4n) is 1.46. The molecule has 20 heavy (non-hydrogen) atoms. The minimum atomic E-state index is -1.47. The molecule has 0 aliphatic rings. The van der Waals surface area contributed by atoms with Crippen molar-refractivity contribution in [3.63, 3.8) is 0 Å². The number of aliphatic carboxylic acids is 2. The molecule has 1 aromatic rings. The van der Waals surface area contributed by atoms with Crippen LogP contribution in [-0.4, -0.2) is 34.1 Å². The summed E-state index contributed by atoms with van der Waals surface area (Å²) in [6, 6.07) is 3.10. The lowest BCUT2D eigenvalue weighted by atomic mass is 10.1. The monoisotopic (exact) mass is 319 g/mol. The number of rotatable bonds is 6. The van der Waals surface area contributed by atoms with Crippen LogP contribution < -0.4 is 5.32 Å². The zero-order chi connectivity index (χ0) is 15.3. The van der Waals surface area contributed by atoms with Crippen molar-refractivity contribution >= 4 is 41.0 Å². The molecule has 8 heteroatoms. The molecule has 0 heterocycles. The summed E-state index contributed by atoms with van der Waals surface area (Å²) in [5, 5.41) is 20.1. The lowest BCUT2D eigenvalue weighted by Gasteiger charge is -2.12. The first-order valence-electron chi connectivity index (χ1n) is 5.47. The first-order valence-corrected chi connectivity index (χ1v) is 6.23. The Morgan fingerprint density at radius 2 is 1.80 bits per heavy atom. The van der Waals surface area contributed by atoms with Crippen LogP contribution in [0, 0.1) is 0 Å². The highest BCUT2D eigenvalue weighted by Crippen LogP contribution is 2.22. The maximum Gasteiger partial charge on any atom is 0.326 e. The fraction of sp³-hybridized carbons (Fsp3) is 0.250. The third kappa shape index (κ3) is 5.07. The Balaban J connectivity index is 2.67. The van der Waals surface area contributed by atoms with Crippen molar-refractivity contribution in [2.24, 2.45) is 0 Å². The van der Waals surface area contributed by atoms with Crippen molar-refractivity contribution in [3.8, 4) is 0 Å². The summed E-state index contributed by atoms with van der Waals surface area (Å²) in [6.45, 7) is 0. The van der Waals surface area contributed by atoms with E-state index in [2.05, 4.69) is 5.32 Å². The molecule has 1 aromatic carbocycles. The van der Waals surface area contributed by atoms with Gasteiger partial charge in [-0.15, -0.1) is 0 Å². The zero-order valence-electron chi connectivity index (χ0n) is 10.1. The van der Waals surface area contributed by atoms with Gasteiger partial charge in [-0.1, -0.05) is 29.3 Å². The van der Waals surface area contributed by atoms with Crippen LogP contribution >= 0.6 is 23.2 Å². The molecule has 1 amide bonds. The van der Waals surface area contributed by atoms with Crippen LogP contribution in [0.3, 0.4) is 0 Å². The standard InChI is InChI=1S/C12H11Cl2NO5/c13-7-2-1-6(3-8(7)14)4-10(16)15-9(12(19)20)5-11(17)18/h1-3,9H,4-5H2,(H,15,16)(H,17,18)(H,19,20)/t9-/m1/s1. The quantitative estimate of drug-likeness (QED) is 0.738. The van der Waals surface area contributed by atoms with Gasteiger partial charge in [-0.2, -0.15) is 0 Å². The van der Waals surface area contributed by atoms with Crippen LogP contribution in [0.15, 0.2) is 18.2 Å². The van der Waals surface area contributed by atoms with E-state index in [9.17, 15) is 14.4 Å². The molecule has 0 saturated carbocycles. The van der Waals surface area contributed by atoms with E-state index in [1.165, 1.54) is 12.1 Å². The lowest BCUT2D eigenvalue weighted by molar-refractivity contribution is -0.147. The molecular weight excluding hydrogens is 309 g/mol. The number of hydrogen-bond acceptors (Lipinski definition) is 3. The maximum absolute atomic E-state index is 11.7. The van der Waals surface area contributed by atoms with Gasteiger partial charge in [0.2, 0.25) is 5.91 Å². The van der Waals surface area contributed by atoms with Crippen molar-refractivity contribution in [2.75, 3.05) is 0 Å². The number of halogens is 2. The second-order valence-electron chi connectivity index (χ2n) is 3.98. The minimum Gasteiger partial charge on any atom is -0.481 e. The third-order valence-corrected chi connectivity index (χ3v) is 3.10. The summed E-state index contributed by atoms with van der Waals surface area (Å²) in [5.74, 6) is -3.33. The van der Waals surface area contributed by atoms with Gasteiger partial charge in [0.25, 0.3) is 0 Å². The number of hydrogen-bond donors (Lipinski definition) is 3. The number of amides is 1. The molecule has 1 atom stereocenters. The van der Waals surface area contributed by atoms with Crippen LogP contribution in [-0.2, 0) is 20.8 Å². The van der Waals surface area contributed by atoms with Crippen LogP contribution in [0.25, 0.3) is 0 Å². The van der Waals surface area contributed by atoms with E-state index < -0.39 is 30.3 Å². The first-order chi connectivity index (χ1) is 9.29. The van der Waals surface area contributed by atoms with Crippen LogP contribution in [0.2, 0.25) is 10.0 Å². The molecule has 3 N–H and O–H groups in total. The zero-order valence-corrected chi connectivity index (χ0v) is 11.6. The van der Waals surface area contributed by atoms with E-state index in [1.54, 1.807) is 6.07 Å². The van der Waals surface area contributed by atoms with Crippen molar-refractivity contribution in [1.82, 2.24) is 5.32 Å². The first kappa shape index (κ1) is 16.3. The summed E-state index contributed by atoms with van der Waals surface area (Å²) in [6.07, 6.45) is -0.817. The summed E-state index contributed by atoms with van der Waals surface area (Å²) in [7, 11) is 0. The van der Waals surface area contributed by atoms with Crippen molar-refractivity contribution < 1.29 is 24.6 Å². The average Bonchev–Trinajstić information content (AvgIpc) is 2.32. The van der Waals surface area contributed by atoms with Gasteiger partial charge in [-0.25, -0.2) is 4.79 Å². The highest BCUT2D eigenvalue weighted by molar-refractivity contribution is 6.42. The highest BCUT2D eigenvalue weighted by Gasteiger charge is 2.22. The maximum atomic E-state index is 11.7. The number of carbonyl (C=O) groups excluding carboxylic acids is 1. The van der Waals surface area contributed by atoms with Crippen molar-refractivity contribution in [1.29, 1.82) is 0 Å². The molecule has 0 radical (unpaired) electrons. The van der Waals surface area contributed by atoms with Gasteiger partial charge in [0.1, 0.15) is 6.04 Å². The van der Waals surface area contributed by atoms with Crippen LogP contribution in [0.1, 0.15) is 12.0 Å². The summed E-state index contributed by atoms with van der Waals surface area (Å²) < 4.78 is 0. The summed E-state index contributed by atoms with van der Waals surface area (Å²) >= 11 is 11.5. The SMILES string of the molecule is O=C(O)C[C@@H](NC(=O)Cc1ccc(Cl)c(Cl)c1)C(=O)O. The number of nitrogens with one attached hydrogen (secondary N) is 1. The van der Waals surface area contributed by atoms with Crippen molar-refractivity contribution in [2.45, 2.75) is 18.9 Å². The molecule has 0 aliphatic carbocycles. The third-order valence-electron chi connectivity index (χ3n) is 2.36. The van der Waals surface area contributed by atoms with Crippen LogP contribution in [0.5, 0.6) is 0 Å². The van der Waals surface area contributed by atoms with E-state index >= 15 is 0 Å². The second kappa shape index (κ2) is 7.12. The van der Waals surface area contributed by atoms with Crippen molar-refractivity contribution in [3.05, 3.63) is 33.8 Å². The number of carbonyl (C=O) groups is 3. The normalized spacial score (nSPS) is 11.7. The molecule has 0 spiro atoms. The van der Waals surface area contributed by atoms with E-state index in [1.807, 2.05) is 0 Å². The van der Waals surface area contributed by atoms with Gasteiger partial charge < -0.3 is 15.5 Å². The number of carboxylic acids is 2. The van der Waals surface area contributed by atoms with Gasteiger partial charge in [-0.05, 0) is 17.7 Å². The van der Waals surface area contributed by atoms with E-state index in [0.717, 1.165) is 0 Å². The Morgan fingerprint density at radius 1 is 1.15 bits per heavy atom. The molecule has 0 saturated heterocycles. The smallest absolute Gasteiger partial charge is 0.326 e. The highest BCUT2D eigenvalue weighted by atomic mass is 35.5. The molecule has 0 unspecified atom stereocenters. The summed E-state index contributed by atoms with van der Waals surface area (Å²) in [5.41, 5.74) is 0.538. The summed E-state index contributed by atoms with van der Waals surface area (Å²) in [4.78, 5) is 33.0. The Hall–Kier alpha value is -1.79. The molecular formula is C12H11Cl2NO5. The lowest BCUT2D eigenvalue weighted by Crippen LogP contribution is -2.42. The second-order valence-corrected chi connectivity index (χ2v) is 4.80. The minimum absolute atomic E-state index is 0.125. The Kier molecular flexibility index (Phi) is 5.79. The topological polar surface area (TPSA) is 104 Å². The molecule has 0 aliphatic heterocycles. The molecule has 6 nitrogen and oxygen atoms in total. The number of carboxylic acid groups (broad SMARTS) is 2. The molecule has 1 rings (SSSR count). The Morgan fingerprint density at radius 3 is 2.30 bits per heavy atom. The van der Waals surface area contributed by atoms with Gasteiger partial charge >= 0.3 is 11.9 Å². The number of benzene rings is 1. The molecule has 108 valence electrons. The predicted molar refractivity (Wildman–Crippen MR) is 72.0 cm³/mol. The Labute approximate surface area is 124 Å². The van der Waals surface area contributed by atoms with Gasteiger partial charge in [0.15, 0.2) is 0 Å². The molecule has 0 bridgehead atoms. The largest absolute Gasteiger partial charge is 0.481 e. The van der Waals surface area contributed by atoms with Gasteiger partial charge in [0, 0.05) is 0 Å². The predicted octanol–water partition coefficient (Wildman–Crippen LogP) is 1.58. The van der Waals surface area contributed by atoms with Gasteiger partial charge in [0.05, 0.1) is 22.9 Å². The molecule has 0 aromatic heterocycles. The molecule has 0 fully saturated rings. The average molecular weight is 320 g/mol.